The van der Waals surface area contributed by atoms with E-state index >= 15 is 0 Å². The van der Waals surface area contributed by atoms with Crippen molar-refractivity contribution in [2.45, 2.75) is 6.42 Å². The standard InChI is InChI=1S/C8H10FN/c9-10-7-6-8-4-2-1-3-5-8/h1-5,10H,6-7H2. The quantitative estimate of drug-likeness (QED) is 0.628. The van der Waals surface area contributed by atoms with Crippen molar-refractivity contribution >= 4 is 0 Å². The smallest absolute Gasteiger partial charge is 0.0300 e. The van der Waals surface area contributed by atoms with Gasteiger partial charge in [0.05, 0.1) is 0 Å². The van der Waals surface area contributed by atoms with E-state index in [1.165, 1.54) is 0 Å². The molecule has 1 aromatic carbocycles. The van der Waals surface area contributed by atoms with Crippen LogP contribution in [0.5, 0.6) is 0 Å². The van der Waals surface area contributed by atoms with E-state index in [-0.39, 0.29) is 0 Å². The van der Waals surface area contributed by atoms with Crippen LogP contribution in [0.15, 0.2) is 30.3 Å². The lowest BCUT2D eigenvalue weighted by Gasteiger charge is -1.95. The third-order valence-corrected chi connectivity index (χ3v) is 1.35. The van der Waals surface area contributed by atoms with E-state index in [9.17, 15) is 4.48 Å². The second-order valence-electron chi connectivity index (χ2n) is 2.12. The average Bonchev–Trinajstić information content (AvgIpc) is 2.03. The number of halogens is 1. The van der Waals surface area contributed by atoms with Crippen LogP contribution in [-0.2, 0) is 6.42 Å². The Morgan fingerprint density at radius 2 is 1.90 bits per heavy atom. The highest BCUT2D eigenvalue weighted by atomic mass is 19.2. The molecule has 0 spiro atoms. The third-order valence-electron chi connectivity index (χ3n) is 1.35. The Morgan fingerprint density at radius 1 is 1.20 bits per heavy atom. The first-order valence-electron chi connectivity index (χ1n) is 3.31. The van der Waals surface area contributed by atoms with Gasteiger partial charge in [0.15, 0.2) is 0 Å². The number of nitrogens with one attached hydrogen (secondary N) is 1. The van der Waals surface area contributed by atoms with Crippen molar-refractivity contribution in [2.75, 3.05) is 6.54 Å². The van der Waals surface area contributed by atoms with E-state index in [1.54, 1.807) is 5.54 Å². The second kappa shape index (κ2) is 4.01. The first-order chi connectivity index (χ1) is 4.93. The highest BCUT2D eigenvalue weighted by Gasteiger charge is 1.88. The van der Waals surface area contributed by atoms with Gasteiger partial charge in [-0.15, -0.1) is 4.48 Å². The van der Waals surface area contributed by atoms with Crippen molar-refractivity contribution in [1.29, 1.82) is 0 Å². The molecule has 0 heterocycles. The van der Waals surface area contributed by atoms with E-state index in [2.05, 4.69) is 0 Å². The lowest BCUT2D eigenvalue weighted by molar-refractivity contribution is 0.337. The summed E-state index contributed by atoms with van der Waals surface area (Å²) < 4.78 is 11.4. The fourth-order valence-electron chi connectivity index (χ4n) is 0.836. The first kappa shape index (κ1) is 7.22. The van der Waals surface area contributed by atoms with Gasteiger partial charge in [-0.1, -0.05) is 30.3 Å². The van der Waals surface area contributed by atoms with Crippen molar-refractivity contribution < 1.29 is 4.48 Å². The molecule has 0 bridgehead atoms. The van der Waals surface area contributed by atoms with E-state index in [0.29, 0.717) is 6.54 Å². The fourth-order valence-corrected chi connectivity index (χ4v) is 0.836. The van der Waals surface area contributed by atoms with Crippen molar-refractivity contribution in [1.82, 2.24) is 5.54 Å². The monoisotopic (exact) mass is 139 g/mol. The van der Waals surface area contributed by atoms with Crippen molar-refractivity contribution in [3.63, 3.8) is 0 Å². The van der Waals surface area contributed by atoms with Crippen LogP contribution in [0.2, 0.25) is 0 Å². The summed E-state index contributed by atoms with van der Waals surface area (Å²) in [5, 5.41) is 0. The molecule has 1 rings (SSSR count). The van der Waals surface area contributed by atoms with Crippen molar-refractivity contribution in [3.8, 4) is 0 Å². The zero-order valence-corrected chi connectivity index (χ0v) is 5.68. The van der Waals surface area contributed by atoms with E-state index < -0.39 is 0 Å². The molecule has 0 aliphatic heterocycles. The van der Waals surface area contributed by atoms with Gasteiger partial charge in [0.25, 0.3) is 0 Å². The van der Waals surface area contributed by atoms with Crippen LogP contribution >= 0.6 is 0 Å². The lowest BCUT2D eigenvalue weighted by atomic mass is 10.2. The summed E-state index contributed by atoms with van der Waals surface area (Å²) in [5.74, 6) is 0. The van der Waals surface area contributed by atoms with Crippen LogP contribution in [0.25, 0.3) is 0 Å². The van der Waals surface area contributed by atoms with E-state index in [1.807, 2.05) is 30.3 Å². The first-order valence-corrected chi connectivity index (χ1v) is 3.31. The average molecular weight is 139 g/mol. The highest BCUT2D eigenvalue weighted by molar-refractivity contribution is 5.14. The maximum absolute atomic E-state index is 11.4. The van der Waals surface area contributed by atoms with Crippen LogP contribution in [0.4, 0.5) is 4.48 Å². The molecule has 0 unspecified atom stereocenters. The Bertz CT molecular complexity index is 174. The second-order valence-corrected chi connectivity index (χ2v) is 2.12. The molecule has 0 radical (unpaired) electrons. The summed E-state index contributed by atoms with van der Waals surface area (Å²) in [4.78, 5) is 0. The zero-order chi connectivity index (χ0) is 7.23. The number of hydrogen-bond donors (Lipinski definition) is 1. The summed E-state index contributed by atoms with van der Waals surface area (Å²) in [6.07, 6.45) is 0.747. The Hall–Kier alpha value is -0.890. The molecule has 0 amide bonds. The summed E-state index contributed by atoms with van der Waals surface area (Å²) in [7, 11) is 0. The molecule has 2 heteroatoms. The van der Waals surface area contributed by atoms with E-state index in [0.717, 1.165) is 12.0 Å². The molecule has 54 valence electrons. The van der Waals surface area contributed by atoms with Crippen molar-refractivity contribution in [3.05, 3.63) is 35.9 Å². The topological polar surface area (TPSA) is 12.0 Å². The molecule has 1 nitrogen and oxygen atoms in total. The minimum absolute atomic E-state index is 0.393. The number of benzene rings is 1. The van der Waals surface area contributed by atoms with Gasteiger partial charge in [0.2, 0.25) is 0 Å². The van der Waals surface area contributed by atoms with Gasteiger partial charge in [0.1, 0.15) is 0 Å². The van der Waals surface area contributed by atoms with Gasteiger partial charge in [-0.2, -0.15) is 5.54 Å². The minimum atomic E-state index is 0.393. The summed E-state index contributed by atoms with van der Waals surface area (Å²) in [5.41, 5.74) is 2.78. The molecule has 0 fully saturated rings. The summed E-state index contributed by atoms with van der Waals surface area (Å²) in [6.45, 7) is 0.393. The maximum atomic E-state index is 11.4. The van der Waals surface area contributed by atoms with Crippen LogP contribution in [0.3, 0.4) is 0 Å². The Kier molecular flexibility index (Phi) is 2.90. The normalized spacial score (nSPS) is 9.70. The molecule has 0 saturated carbocycles. The molecule has 0 aliphatic rings. The predicted molar refractivity (Wildman–Crippen MR) is 39.3 cm³/mol. The summed E-state index contributed by atoms with van der Waals surface area (Å²) >= 11 is 0. The van der Waals surface area contributed by atoms with Crippen LogP contribution in [-0.4, -0.2) is 6.54 Å². The molecular weight excluding hydrogens is 129 g/mol. The lowest BCUT2D eigenvalue weighted by Crippen LogP contribution is -2.05. The highest BCUT2D eigenvalue weighted by Crippen LogP contribution is 1.97. The maximum Gasteiger partial charge on any atom is 0.0300 e. The van der Waals surface area contributed by atoms with E-state index in [4.69, 9.17) is 0 Å². The largest absolute Gasteiger partial charge is 0.159 e. The van der Waals surface area contributed by atoms with Gasteiger partial charge in [-0.05, 0) is 12.0 Å². The molecule has 0 atom stereocenters. The fraction of sp³-hybridized carbons (Fsp3) is 0.250. The van der Waals surface area contributed by atoms with Crippen LogP contribution < -0.4 is 5.54 Å². The predicted octanol–water partition coefficient (Wildman–Crippen LogP) is 1.70. The molecule has 0 aromatic heterocycles. The molecule has 1 N–H and O–H groups in total. The van der Waals surface area contributed by atoms with Gasteiger partial charge in [0, 0.05) is 6.54 Å². The Balaban J connectivity index is 2.43. The van der Waals surface area contributed by atoms with Crippen molar-refractivity contribution in [2.24, 2.45) is 0 Å². The Labute approximate surface area is 59.8 Å². The number of hydrogen-bond acceptors (Lipinski definition) is 1. The van der Waals surface area contributed by atoms with Crippen LogP contribution in [0.1, 0.15) is 5.56 Å². The zero-order valence-electron chi connectivity index (χ0n) is 5.68. The molecule has 0 aliphatic carbocycles. The van der Waals surface area contributed by atoms with Gasteiger partial charge in [-0.25, -0.2) is 0 Å². The molecule has 10 heavy (non-hydrogen) atoms. The van der Waals surface area contributed by atoms with Crippen LogP contribution in [0, 0.1) is 0 Å². The third kappa shape index (κ3) is 2.15. The molecule has 1 aromatic rings. The molecule has 0 saturated heterocycles. The Morgan fingerprint density at radius 3 is 2.50 bits per heavy atom. The molecular formula is C8H10FN. The SMILES string of the molecule is FNCCc1ccccc1. The van der Waals surface area contributed by atoms with Gasteiger partial charge >= 0.3 is 0 Å². The van der Waals surface area contributed by atoms with Gasteiger partial charge < -0.3 is 0 Å². The minimum Gasteiger partial charge on any atom is -0.159 e. The van der Waals surface area contributed by atoms with Gasteiger partial charge in [-0.3, -0.25) is 0 Å². The summed E-state index contributed by atoms with van der Waals surface area (Å²) in [6, 6.07) is 9.82. The number of rotatable bonds is 3.